The number of oxazole rings is 1. The summed E-state index contributed by atoms with van der Waals surface area (Å²) in [4.78, 5) is 15.2. The van der Waals surface area contributed by atoms with Gasteiger partial charge < -0.3 is 14.3 Å². The molecule has 1 N–H and O–H groups in total. The van der Waals surface area contributed by atoms with E-state index >= 15 is 0 Å². The molecule has 3 rings (SSSR count). The van der Waals surface area contributed by atoms with Gasteiger partial charge in [-0.3, -0.25) is 4.79 Å². The van der Waals surface area contributed by atoms with Gasteiger partial charge in [0.25, 0.3) is 0 Å². The van der Waals surface area contributed by atoms with Gasteiger partial charge in [0.2, 0.25) is 5.89 Å². The lowest BCUT2D eigenvalue weighted by atomic mass is 10.1. The van der Waals surface area contributed by atoms with Crippen molar-refractivity contribution in [3.05, 3.63) is 70.6 Å². The van der Waals surface area contributed by atoms with Crippen LogP contribution >= 0.6 is 0 Å². The van der Waals surface area contributed by atoms with Gasteiger partial charge in [-0.05, 0) is 61.4 Å². The van der Waals surface area contributed by atoms with Crippen LogP contribution in [-0.2, 0) is 24.0 Å². The normalized spacial score (nSPS) is 11.5. The summed E-state index contributed by atoms with van der Waals surface area (Å²) < 4.78 is 49.4. The van der Waals surface area contributed by atoms with Crippen molar-refractivity contribution in [1.29, 1.82) is 0 Å². The van der Waals surface area contributed by atoms with Crippen LogP contribution in [0.15, 0.2) is 46.9 Å². The molecule has 0 aliphatic heterocycles. The maximum atomic E-state index is 12.7. The summed E-state index contributed by atoms with van der Waals surface area (Å²) in [5.74, 6) is 0.182. The van der Waals surface area contributed by atoms with Crippen LogP contribution in [0.3, 0.4) is 0 Å². The second kappa shape index (κ2) is 7.98. The quantitative estimate of drug-likeness (QED) is 0.612. The smallest absolute Gasteiger partial charge is 0.416 e. The number of nitrogens with zero attached hydrogens (tertiary/aromatic N) is 1. The average molecular weight is 405 g/mol. The number of carboxylic acid groups (broad SMARTS) is 1. The number of benzene rings is 2. The molecular weight excluding hydrogens is 387 g/mol. The van der Waals surface area contributed by atoms with Gasteiger partial charge in [0, 0.05) is 5.56 Å². The van der Waals surface area contributed by atoms with Gasteiger partial charge in [0.15, 0.2) is 5.76 Å². The highest BCUT2D eigenvalue weighted by Gasteiger charge is 2.30. The first kappa shape index (κ1) is 20.4. The summed E-state index contributed by atoms with van der Waals surface area (Å²) in [5, 5.41) is 8.97. The number of aryl methyl sites for hydroxylation is 2. The summed E-state index contributed by atoms with van der Waals surface area (Å²) in [6.07, 6.45) is -4.51. The lowest BCUT2D eigenvalue weighted by Gasteiger charge is -2.08. The van der Waals surface area contributed by atoms with Gasteiger partial charge in [-0.25, -0.2) is 4.98 Å². The van der Waals surface area contributed by atoms with Crippen LogP contribution in [0.4, 0.5) is 13.2 Å². The summed E-state index contributed by atoms with van der Waals surface area (Å²) >= 11 is 0. The molecule has 0 bridgehead atoms. The summed E-state index contributed by atoms with van der Waals surface area (Å²) in [7, 11) is 0. The fourth-order valence-corrected chi connectivity index (χ4v) is 2.73. The van der Waals surface area contributed by atoms with Gasteiger partial charge in [-0.2, -0.15) is 13.2 Å². The van der Waals surface area contributed by atoms with Gasteiger partial charge in [-0.1, -0.05) is 6.07 Å². The molecule has 1 heterocycles. The first-order chi connectivity index (χ1) is 13.6. The molecule has 0 unspecified atom stereocenters. The molecule has 1 aromatic heterocycles. The maximum absolute atomic E-state index is 12.7. The van der Waals surface area contributed by atoms with Crippen LogP contribution in [0.1, 0.15) is 28.1 Å². The zero-order valence-electron chi connectivity index (χ0n) is 15.7. The van der Waals surface area contributed by atoms with Gasteiger partial charge >= 0.3 is 12.1 Å². The summed E-state index contributed by atoms with van der Waals surface area (Å²) in [5.41, 5.74) is 1.73. The topological polar surface area (TPSA) is 72.6 Å². The first-order valence-electron chi connectivity index (χ1n) is 8.71. The number of hydrogen-bond donors (Lipinski definition) is 1. The van der Waals surface area contributed by atoms with E-state index in [1.807, 2.05) is 6.92 Å². The highest BCUT2D eigenvalue weighted by molar-refractivity contribution is 5.71. The number of carbonyl (C=O) groups is 1. The number of halogens is 3. The standard InChI is InChI=1S/C21H18F3NO4/c1-12-3-8-17(9-15(12)10-19(26)27)28-11-18-13(2)25-20(29-18)14-4-6-16(7-5-14)21(22,23)24/h3-9H,10-11H2,1-2H3,(H,26,27). The van der Waals surface area contributed by atoms with Crippen LogP contribution in [0, 0.1) is 13.8 Å². The molecule has 3 aromatic rings. The zero-order chi connectivity index (χ0) is 21.2. The van der Waals surface area contributed by atoms with E-state index in [-0.39, 0.29) is 18.9 Å². The SMILES string of the molecule is Cc1ccc(OCc2oc(-c3ccc(C(F)(F)F)cc3)nc2C)cc1CC(=O)O. The van der Waals surface area contributed by atoms with Crippen molar-refractivity contribution in [2.24, 2.45) is 0 Å². The van der Waals surface area contributed by atoms with Crippen LogP contribution in [0.2, 0.25) is 0 Å². The third kappa shape index (κ3) is 4.96. The molecule has 0 atom stereocenters. The number of aromatic nitrogens is 1. The number of carboxylic acids is 1. The van der Waals surface area contributed by atoms with E-state index in [1.54, 1.807) is 25.1 Å². The highest BCUT2D eigenvalue weighted by atomic mass is 19.4. The third-order valence-corrected chi connectivity index (χ3v) is 4.38. The largest absolute Gasteiger partial charge is 0.486 e. The van der Waals surface area contributed by atoms with E-state index < -0.39 is 17.7 Å². The Morgan fingerprint density at radius 2 is 1.83 bits per heavy atom. The van der Waals surface area contributed by atoms with Crippen molar-refractivity contribution >= 4 is 5.97 Å². The highest BCUT2D eigenvalue weighted by Crippen LogP contribution is 2.31. The number of aliphatic carboxylic acids is 1. The summed E-state index contributed by atoms with van der Waals surface area (Å²) in [6.45, 7) is 3.58. The zero-order valence-corrected chi connectivity index (χ0v) is 15.7. The second-order valence-electron chi connectivity index (χ2n) is 6.55. The molecule has 8 heteroatoms. The molecule has 0 amide bonds. The minimum Gasteiger partial charge on any atom is -0.486 e. The Balaban J connectivity index is 1.74. The molecule has 0 spiro atoms. The minimum absolute atomic E-state index is 0.0506. The van der Waals surface area contributed by atoms with Gasteiger partial charge in [0.1, 0.15) is 12.4 Å². The first-order valence-corrected chi connectivity index (χ1v) is 8.71. The predicted octanol–water partition coefficient (Wildman–Crippen LogP) is 5.18. The van der Waals surface area contributed by atoms with Crippen LogP contribution in [0.5, 0.6) is 5.75 Å². The van der Waals surface area contributed by atoms with Crippen molar-refractivity contribution < 1.29 is 32.2 Å². The molecular formula is C21H18F3NO4. The number of rotatable bonds is 6. The van der Waals surface area contributed by atoms with Crippen LogP contribution < -0.4 is 4.74 Å². The van der Waals surface area contributed by atoms with Crippen molar-refractivity contribution in [3.8, 4) is 17.2 Å². The minimum atomic E-state index is -4.41. The Bertz CT molecular complexity index is 1020. The van der Waals surface area contributed by atoms with Crippen molar-refractivity contribution in [1.82, 2.24) is 4.98 Å². The fourth-order valence-electron chi connectivity index (χ4n) is 2.73. The van der Waals surface area contributed by atoms with Crippen molar-refractivity contribution in [2.45, 2.75) is 33.1 Å². The Labute approximate surface area is 164 Å². The lowest BCUT2D eigenvalue weighted by Crippen LogP contribution is -2.03. The van der Waals surface area contributed by atoms with Crippen molar-refractivity contribution in [2.75, 3.05) is 0 Å². The van der Waals surface area contributed by atoms with Crippen molar-refractivity contribution in [3.63, 3.8) is 0 Å². The molecule has 0 fully saturated rings. The predicted molar refractivity (Wildman–Crippen MR) is 98.5 cm³/mol. The molecule has 0 aliphatic carbocycles. The molecule has 2 aromatic carbocycles. The molecule has 5 nitrogen and oxygen atoms in total. The van der Waals surface area contributed by atoms with E-state index in [2.05, 4.69) is 4.98 Å². The molecule has 0 aliphatic rings. The molecule has 29 heavy (non-hydrogen) atoms. The van der Waals surface area contributed by atoms with Crippen LogP contribution in [-0.4, -0.2) is 16.1 Å². The van der Waals surface area contributed by atoms with Gasteiger partial charge in [0.05, 0.1) is 17.7 Å². The number of alkyl halides is 3. The second-order valence-corrected chi connectivity index (χ2v) is 6.55. The molecule has 0 saturated heterocycles. The molecule has 152 valence electrons. The van der Waals surface area contributed by atoms with E-state index in [0.29, 0.717) is 28.3 Å². The Kier molecular flexibility index (Phi) is 5.63. The fraction of sp³-hybridized carbons (Fsp3) is 0.238. The Hall–Kier alpha value is -3.29. The molecule has 0 saturated carbocycles. The number of hydrogen-bond acceptors (Lipinski definition) is 4. The van der Waals surface area contributed by atoms with E-state index in [0.717, 1.165) is 17.7 Å². The monoisotopic (exact) mass is 405 g/mol. The lowest BCUT2D eigenvalue weighted by molar-refractivity contribution is -0.138. The van der Waals surface area contributed by atoms with Gasteiger partial charge in [-0.15, -0.1) is 0 Å². The Morgan fingerprint density at radius 1 is 1.14 bits per heavy atom. The maximum Gasteiger partial charge on any atom is 0.416 e. The Morgan fingerprint density at radius 3 is 2.45 bits per heavy atom. The van der Waals surface area contributed by atoms with E-state index in [9.17, 15) is 18.0 Å². The molecule has 0 radical (unpaired) electrons. The van der Waals surface area contributed by atoms with Crippen LogP contribution in [0.25, 0.3) is 11.5 Å². The average Bonchev–Trinajstić information content (AvgIpc) is 3.02. The summed E-state index contributed by atoms with van der Waals surface area (Å²) in [6, 6.07) is 9.71. The third-order valence-electron chi connectivity index (χ3n) is 4.38. The van der Waals surface area contributed by atoms with E-state index in [4.69, 9.17) is 14.3 Å². The number of ether oxygens (including phenoxy) is 1. The van der Waals surface area contributed by atoms with E-state index in [1.165, 1.54) is 12.1 Å².